The summed E-state index contributed by atoms with van der Waals surface area (Å²) in [5.41, 5.74) is 0.972. The zero-order valence-electron chi connectivity index (χ0n) is 24.4. The third kappa shape index (κ3) is 7.79. The molecule has 0 radical (unpaired) electrons. The summed E-state index contributed by atoms with van der Waals surface area (Å²) in [7, 11) is -3.99. The van der Waals surface area contributed by atoms with Gasteiger partial charge in [0.15, 0.2) is 11.0 Å². The fraction of sp³-hybridized carbons (Fsp3) is 0.533. The maximum atomic E-state index is 13.5. The second-order valence-corrected chi connectivity index (χ2v) is 14.3. The van der Waals surface area contributed by atoms with Gasteiger partial charge in [-0.3, -0.25) is 9.59 Å². The van der Waals surface area contributed by atoms with Gasteiger partial charge in [-0.2, -0.15) is 13.1 Å². The lowest BCUT2D eigenvalue weighted by Gasteiger charge is -2.41. The normalized spacial score (nSPS) is 20.1. The predicted octanol–water partition coefficient (Wildman–Crippen LogP) is 5.63. The Kier molecular flexibility index (Phi) is 10.0. The molecule has 2 N–H and O–H groups in total. The number of Topliss-reactive ketones (excluding diaryl/α,β-unsaturated/α-hetero) is 1. The van der Waals surface area contributed by atoms with E-state index in [9.17, 15) is 23.1 Å². The molecule has 1 aliphatic heterocycles. The zero-order valence-corrected chi connectivity index (χ0v) is 26.0. The van der Waals surface area contributed by atoms with Crippen molar-refractivity contribution in [2.75, 3.05) is 6.54 Å². The van der Waals surface area contributed by atoms with E-state index >= 15 is 0 Å². The summed E-state index contributed by atoms with van der Waals surface area (Å²) in [5, 5.41) is 8.54. The van der Waals surface area contributed by atoms with Crippen LogP contribution in [0.2, 0.25) is 0 Å². The molecule has 1 fully saturated rings. The molecule has 0 aliphatic carbocycles. The molecule has 8 nitrogen and oxygen atoms in total. The molecule has 1 saturated heterocycles. The third-order valence-electron chi connectivity index (χ3n) is 7.17. The van der Waals surface area contributed by atoms with Gasteiger partial charge in [0.1, 0.15) is 17.1 Å². The quantitative estimate of drug-likeness (QED) is 0.255. The van der Waals surface area contributed by atoms with Crippen LogP contribution in [-0.2, 0) is 36.5 Å². The van der Waals surface area contributed by atoms with E-state index in [1.165, 1.54) is 0 Å². The first-order valence-electron chi connectivity index (χ1n) is 13.6. The largest absolute Gasteiger partial charge is 0.508 e. The first kappa shape index (κ1) is 32.0. The number of ketones is 1. The average molecular weight is 592 g/mol. The minimum Gasteiger partial charge on any atom is -0.508 e. The Hall–Kier alpha value is -2.56. The van der Waals surface area contributed by atoms with Gasteiger partial charge in [0.25, 0.3) is 0 Å². The van der Waals surface area contributed by atoms with Crippen LogP contribution in [0.5, 0.6) is 11.5 Å². The van der Waals surface area contributed by atoms with E-state index in [0.717, 1.165) is 22.9 Å². The van der Waals surface area contributed by atoms with Crippen molar-refractivity contribution in [1.29, 1.82) is 0 Å². The Morgan fingerprint density at radius 1 is 1.18 bits per heavy atom. The number of thioether (sulfide) groups is 1. The van der Waals surface area contributed by atoms with Gasteiger partial charge in [-0.25, -0.2) is 0 Å². The second-order valence-electron chi connectivity index (χ2n) is 11.7. The highest BCUT2D eigenvalue weighted by Gasteiger charge is 2.49. The summed E-state index contributed by atoms with van der Waals surface area (Å²) >= 11 is 1.15. The number of phenols is 1. The van der Waals surface area contributed by atoms with E-state index in [4.69, 9.17) is 8.92 Å². The van der Waals surface area contributed by atoms with Crippen LogP contribution in [0.1, 0.15) is 77.5 Å². The van der Waals surface area contributed by atoms with Crippen molar-refractivity contribution in [2.45, 2.75) is 95.3 Å². The van der Waals surface area contributed by atoms with Crippen LogP contribution in [-0.4, -0.2) is 42.7 Å². The van der Waals surface area contributed by atoms with Gasteiger partial charge in [0, 0.05) is 17.9 Å². The molecular weight excluding hydrogens is 550 g/mol. The van der Waals surface area contributed by atoms with Gasteiger partial charge in [-0.1, -0.05) is 53.7 Å². The number of aromatic hydroxyl groups is 1. The zero-order chi connectivity index (χ0) is 29.9. The SMILES string of the molecule is CCCNS(=O)(=O)Oc1cc(C(C)(C)C)c(SC2C(=O)CC(CCc3ccc(O)cc3)(C(C)C)OC2=O)cc1C. The molecule has 1 heterocycles. The Morgan fingerprint density at radius 2 is 1.82 bits per heavy atom. The van der Waals surface area contributed by atoms with Crippen molar-refractivity contribution in [1.82, 2.24) is 4.72 Å². The molecule has 0 spiro atoms. The van der Waals surface area contributed by atoms with E-state index in [1.54, 1.807) is 31.2 Å². The predicted molar refractivity (Wildman–Crippen MR) is 157 cm³/mol. The fourth-order valence-corrected chi connectivity index (χ4v) is 6.91. The average Bonchev–Trinajstić information content (AvgIpc) is 2.85. The molecule has 40 heavy (non-hydrogen) atoms. The topological polar surface area (TPSA) is 119 Å². The lowest BCUT2D eigenvalue weighted by molar-refractivity contribution is -0.176. The van der Waals surface area contributed by atoms with Gasteiger partial charge in [-0.05, 0) is 78.5 Å². The maximum Gasteiger partial charge on any atom is 0.382 e. The highest BCUT2D eigenvalue weighted by Crippen LogP contribution is 2.43. The van der Waals surface area contributed by atoms with Crippen LogP contribution in [0.4, 0.5) is 0 Å². The molecule has 220 valence electrons. The Bertz CT molecular complexity index is 1310. The van der Waals surface area contributed by atoms with Crippen molar-refractivity contribution >= 4 is 33.8 Å². The number of nitrogens with one attached hydrogen (secondary N) is 1. The molecule has 3 rings (SSSR count). The number of esters is 1. The molecule has 2 atom stereocenters. The van der Waals surface area contributed by atoms with Crippen LogP contribution in [0.15, 0.2) is 41.3 Å². The third-order valence-corrected chi connectivity index (χ3v) is 9.41. The minimum atomic E-state index is -3.99. The molecule has 0 amide bonds. The van der Waals surface area contributed by atoms with Crippen molar-refractivity contribution in [3.05, 3.63) is 53.1 Å². The Morgan fingerprint density at radius 3 is 2.38 bits per heavy atom. The minimum absolute atomic E-state index is 0.0736. The standard InChI is InChI=1S/C30H41NO7S2/c1-8-15-31-40(35,36)38-25-17-23(29(5,6)7)26(16-20(25)4)39-27-24(33)18-30(19(2)3,37-28(27)34)14-13-21-9-11-22(32)12-10-21/h9-12,16-17,19,27,31-32H,8,13-15,18H2,1-7H3. The summed E-state index contributed by atoms with van der Waals surface area (Å²) in [4.78, 5) is 27.6. The Labute approximate surface area is 242 Å². The summed E-state index contributed by atoms with van der Waals surface area (Å²) in [6.45, 7) is 13.7. The monoisotopic (exact) mass is 591 g/mol. The highest BCUT2D eigenvalue weighted by atomic mass is 32.2. The van der Waals surface area contributed by atoms with Crippen molar-refractivity contribution in [3.63, 3.8) is 0 Å². The van der Waals surface area contributed by atoms with Crippen molar-refractivity contribution in [2.24, 2.45) is 5.92 Å². The summed E-state index contributed by atoms with van der Waals surface area (Å²) in [6.07, 6.45) is 1.83. The van der Waals surface area contributed by atoms with Crippen LogP contribution in [0.3, 0.4) is 0 Å². The van der Waals surface area contributed by atoms with Gasteiger partial charge < -0.3 is 14.0 Å². The number of carbonyl (C=O) groups is 2. The number of rotatable bonds is 11. The van der Waals surface area contributed by atoms with Gasteiger partial charge in [-0.15, -0.1) is 11.8 Å². The van der Waals surface area contributed by atoms with Crippen molar-refractivity contribution < 1.29 is 32.0 Å². The number of carbonyl (C=O) groups excluding carboxylic acids is 2. The molecule has 1 aliphatic rings. The van der Waals surface area contributed by atoms with E-state index in [0.29, 0.717) is 29.7 Å². The molecule has 0 bridgehead atoms. The number of cyclic esters (lactones) is 1. The molecule has 10 heteroatoms. The number of aryl methyl sites for hydroxylation is 2. The van der Waals surface area contributed by atoms with E-state index < -0.39 is 32.5 Å². The van der Waals surface area contributed by atoms with Crippen LogP contribution >= 0.6 is 11.8 Å². The molecule has 0 aromatic heterocycles. The number of hydrogen-bond donors (Lipinski definition) is 2. The maximum absolute atomic E-state index is 13.5. The number of benzene rings is 2. The van der Waals surface area contributed by atoms with E-state index in [2.05, 4.69) is 4.72 Å². The first-order chi connectivity index (χ1) is 18.6. The lowest BCUT2D eigenvalue weighted by atomic mass is 9.78. The van der Waals surface area contributed by atoms with Crippen LogP contribution in [0, 0.1) is 12.8 Å². The molecule has 2 aromatic carbocycles. The lowest BCUT2D eigenvalue weighted by Crippen LogP contribution is -2.52. The second kappa shape index (κ2) is 12.5. The van der Waals surface area contributed by atoms with Crippen LogP contribution < -0.4 is 8.91 Å². The van der Waals surface area contributed by atoms with Gasteiger partial charge in [0.05, 0.1) is 0 Å². The summed E-state index contributed by atoms with van der Waals surface area (Å²) in [5.74, 6) is -0.450. The van der Waals surface area contributed by atoms with Gasteiger partial charge >= 0.3 is 16.3 Å². The molecule has 2 aromatic rings. The smallest absolute Gasteiger partial charge is 0.382 e. The van der Waals surface area contributed by atoms with Gasteiger partial charge in [0.2, 0.25) is 0 Å². The van der Waals surface area contributed by atoms with E-state index in [-0.39, 0.29) is 36.2 Å². The fourth-order valence-electron chi connectivity index (χ4n) is 4.63. The summed E-state index contributed by atoms with van der Waals surface area (Å²) in [6, 6.07) is 10.3. The van der Waals surface area contributed by atoms with E-state index in [1.807, 2.05) is 53.7 Å². The molecule has 0 saturated carbocycles. The first-order valence-corrected chi connectivity index (χ1v) is 15.9. The number of ether oxygens (including phenoxy) is 1. The van der Waals surface area contributed by atoms with Crippen LogP contribution in [0.25, 0.3) is 0 Å². The van der Waals surface area contributed by atoms with Crippen molar-refractivity contribution in [3.8, 4) is 11.5 Å². The molecular formula is C30H41NO7S2. The number of phenolic OH excluding ortho intramolecular Hbond substituents is 1. The number of hydrogen-bond acceptors (Lipinski definition) is 8. The Balaban J connectivity index is 1.85. The summed E-state index contributed by atoms with van der Waals surface area (Å²) < 4.78 is 38.6. The molecule has 2 unspecified atom stereocenters. The highest BCUT2D eigenvalue weighted by molar-refractivity contribution is 8.01.